The molecule has 2 aliphatic rings. The third-order valence-electron chi connectivity index (χ3n) is 5.09. The first-order valence-corrected chi connectivity index (χ1v) is 8.83. The Balaban J connectivity index is 1.55. The van der Waals surface area contributed by atoms with E-state index < -0.39 is 0 Å². The lowest BCUT2D eigenvalue weighted by Gasteiger charge is -2.38. The summed E-state index contributed by atoms with van der Waals surface area (Å²) in [6, 6.07) is 10.1. The summed E-state index contributed by atoms with van der Waals surface area (Å²) in [6.07, 6.45) is 1.50. The van der Waals surface area contributed by atoms with Gasteiger partial charge in [0, 0.05) is 45.8 Å². The zero-order valence-corrected chi connectivity index (χ0v) is 14.5. The summed E-state index contributed by atoms with van der Waals surface area (Å²) < 4.78 is 11.4. The Kier molecular flexibility index (Phi) is 6.22. The Morgan fingerprint density at radius 1 is 1.29 bits per heavy atom. The van der Waals surface area contributed by atoms with E-state index >= 15 is 0 Å². The normalized spacial score (nSPS) is 25.7. The predicted molar refractivity (Wildman–Crippen MR) is 92.6 cm³/mol. The summed E-state index contributed by atoms with van der Waals surface area (Å²) >= 11 is 0. The molecule has 0 radical (unpaired) electrons. The van der Waals surface area contributed by atoms with Crippen LogP contribution in [0, 0.1) is 17.2 Å². The van der Waals surface area contributed by atoms with Crippen molar-refractivity contribution in [2.24, 2.45) is 5.92 Å². The van der Waals surface area contributed by atoms with E-state index in [1.54, 1.807) is 7.11 Å². The molecule has 3 rings (SSSR count). The van der Waals surface area contributed by atoms with Gasteiger partial charge in [-0.2, -0.15) is 5.26 Å². The van der Waals surface area contributed by atoms with Crippen molar-refractivity contribution in [2.45, 2.75) is 19.1 Å². The van der Waals surface area contributed by atoms with Gasteiger partial charge >= 0.3 is 0 Å². The molecule has 0 amide bonds. The van der Waals surface area contributed by atoms with Crippen LogP contribution in [0.25, 0.3) is 0 Å². The van der Waals surface area contributed by atoms with Crippen LogP contribution in [0.4, 0.5) is 0 Å². The maximum atomic E-state index is 9.04. The minimum Gasteiger partial charge on any atom is -0.383 e. The molecule has 2 fully saturated rings. The van der Waals surface area contributed by atoms with Gasteiger partial charge in [0.2, 0.25) is 0 Å². The quantitative estimate of drug-likeness (QED) is 0.823. The zero-order valence-electron chi connectivity index (χ0n) is 14.5. The van der Waals surface area contributed by atoms with Crippen molar-refractivity contribution in [3.63, 3.8) is 0 Å². The molecular weight excluding hydrogens is 302 g/mol. The number of methoxy groups -OCH3 is 1. The SMILES string of the molecule is COCCN1CCO[C@H]2CN(Cc3cccc(C#N)c3)CC[C@H]2C1. The largest absolute Gasteiger partial charge is 0.383 e. The first-order chi connectivity index (χ1) is 11.8. The van der Waals surface area contributed by atoms with Crippen molar-refractivity contribution in [3.05, 3.63) is 35.4 Å². The Labute approximate surface area is 144 Å². The van der Waals surface area contributed by atoms with Gasteiger partial charge in [-0.3, -0.25) is 9.80 Å². The highest BCUT2D eigenvalue weighted by molar-refractivity contribution is 5.32. The first-order valence-electron chi connectivity index (χ1n) is 8.83. The molecule has 0 aliphatic carbocycles. The lowest BCUT2D eigenvalue weighted by atomic mass is 9.93. The molecule has 2 saturated heterocycles. The molecule has 0 unspecified atom stereocenters. The van der Waals surface area contributed by atoms with Crippen LogP contribution in [0.5, 0.6) is 0 Å². The van der Waals surface area contributed by atoms with Gasteiger partial charge in [0.15, 0.2) is 0 Å². The number of hydrogen-bond donors (Lipinski definition) is 0. The van der Waals surface area contributed by atoms with Crippen LogP contribution in [-0.4, -0.2) is 69.0 Å². The lowest BCUT2D eigenvalue weighted by Crippen LogP contribution is -2.46. The van der Waals surface area contributed by atoms with Gasteiger partial charge < -0.3 is 9.47 Å². The van der Waals surface area contributed by atoms with Gasteiger partial charge in [0.05, 0.1) is 31.0 Å². The third kappa shape index (κ3) is 4.55. The molecule has 2 heterocycles. The number of fused-ring (bicyclic) bond motifs is 1. The molecule has 130 valence electrons. The van der Waals surface area contributed by atoms with E-state index in [4.69, 9.17) is 14.7 Å². The number of rotatable bonds is 5. The van der Waals surface area contributed by atoms with Crippen molar-refractivity contribution < 1.29 is 9.47 Å². The number of nitrogens with zero attached hydrogens (tertiary/aromatic N) is 3. The molecule has 5 heteroatoms. The minimum absolute atomic E-state index is 0.324. The fourth-order valence-electron chi connectivity index (χ4n) is 3.75. The third-order valence-corrected chi connectivity index (χ3v) is 5.09. The Morgan fingerprint density at radius 3 is 3.04 bits per heavy atom. The molecule has 0 N–H and O–H groups in total. The second-order valence-corrected chi connectivity index (χ2v) is 6.80. The van der Waals surface area contributed by atoms with E-state index in [2.05, 4.69) is 21.9 Å². The van der Waals surface area contributed by atoms with Gasteiger partial charge in [0.25, 0.3) is 0 Å². The molecular formula is C19H27N3O2. The van der Waals surface area contributed by atoms with Crippen molar-refractivity contribution in [2.75, 3.05) is 53.0 Å². The van der Waals surface area contributed by atoms with Crippen LogP contribution in [-0.2, 0) is 16.0 Å². The van der Waals surface area contributed by atoms with E-state index in [0.29, 0.717) is 12.0 Å². The summed E-state index contributed by atoms with van der Waals surface area (Å²) in [5, 5.41) is 9.04. The average molecular weight is 329 g/mol. The van der Waals surface area contributed by atoms with E-state index in [1.165, 1.54) is 12.0 Å². The standard InChI is InChI=1S/C19H27N3O2/c1-23-9-7-21-8-10-24-19-15-22(6-5-18(19)14-21)13-17-4-2-3-16(11-17)12-20/h2-4,11,18-19H,5-10,13-15H2,1H3/t18-,19-/m0/s1. The molecule has 0 spiro atoms. The molecule has 2 aliphatic heterocycles. The number of ether oxygens (including phenoxy) is 2. The molecule has 5 nitrogen and oxygen atoms in total. The fraction of sp³-hybridized carbons (Fsp3) is 0.632. The summed E-state index contributed by atoms with van der Waals surface area (Å²) in [5.41, 5.74) is 1.95. The Bertz CT molecular complexity index is 572. The molecule has 24 heavy (non-hydrogen) atoms. The van der Waals surface area contributed by atoms with E-state index in [0.717, 1.165) is 58.0 Å². The molecule has 1 aromatic carbocycles. The van der Waals surface area contributed by atoms with Gasteiger partial charge in [-0.25, -0.2) is 0 Å². The van der Waals surface area contributed by atoms with Crippen LogP contribution < -0.4 is 0 Å². The maximum absolute atomic E-state index is 9.04. The number of nitriles is 1. The minimum atomic E-state index is 0.324. The summed E-state index contributed by atoms with van der Waals surface area (Å²) in [4.78, 5) is 4.93. The van der Waals surface area contributed by atoms with Crippen LogP contribution >= 0.6 is 0 Å². The Morgan fingerprint density at radius 2 is 2.21 bits per heavy atom. The topological polar surface area (TPSA) is 48.7 Å². The van der Waals surface area contributed by atoms with E-state index in [1.807, 2.05) is 18.2 Å². The van der Waals surface area contributed by atoms with Crippen LogP contribution in [0.15, 0.2) is 24.3 Å². The number of piperidine rings is 1. The van der Waals surface area contributed by atoms with Crippen molar-refractivity contribution in [1.29, 1.82) is 5.26 Å². The van der Waals surface area contributed by atoms with Crippen molar-refractivity contribution >= 4 is 0 Å². The summed E-state index contributed by atoms with van der Waals surface area (Å²) in [6.45, 7) is 7.69. The molecule has 0 bridgehead atoms. The summed E-state index contributed by atoms with van der Waals surface area (Å²) in [7, 11) is 1.76. The highest BCUT2D eigenvalue weighted by Gasteiger charge is 2.33. The van der Waals surface area contributed by atoms with Gasteiger partial charge in [0.1, 0.15) is 0 Å². The molecule has 2 atom stereocenters. The maximum Gasteiger partial charge on any atom is 0.0991 e. The van der Waals surface area contributed by atoms with Gasteiger partial charge in [-0.1, -0.05) is 12.1 Å². The fourth-order valence-corrected chi connectivity index (χ4v) is 3.75. The van der Waals surface area contributed by atoms with Gasteiger partial charge in [-0.15, -0.1) is 0 Å². The van der Waals surface area contributed by atoms with Gasteiger partial charge in [-0.05, 0) is 30.7 Å². The molecule has 0 saturated carbocycles. The average Bonchev–Trinajstić information content (AvgIpc) is 2.81. The first kappa shape index (κ1) is 17.4. The van der Waals surface area contributed by atoms with Crippen LogP contribution in [0.2, 0.25) is 0 Å². The highest BCUT2D eigenvalue weighted by atomic mass is 16.5. The van der Waals surface area contributed by atoms with E-state index in [9.17, 15) is 0 Å². The Hall–Kier alpha value is -1.45. The monoisotopic (exact) mass is 329 g/mol. The smallest absolute Gasteiger partial charge is 0.0991 e. The van der Waals surface area contributed by atoms with Crippen LogP contribution in [0.1, 0.15) is 17.5 Å². The predicted octanol–water partition coefficient (Wildman–Crippen LogP) is 1.73. The highest BCUT2D eigenvalue weighted by Crippen LogP contribution is 2.25. The van der Waals surface area contributed by atoms with Crippen molar-refractivity contribution in [3.8, 4) is 6.07 Å². The second-order valence-electron chi connectivity index (χ2n) is 6.80. The molecule has 0 aromatic heterocycles. The lowest BCUT2D eigenvalue weighted by molar-refractivity contribution is -0.0242. The van der Waals surface area contributed by atoms with Crippen molar-refractivity contribution in [1.82, 2.24) is 9.80 Å². The second kappa shape index (κ2) is 8.59. The number of benzene rings is 1. The summed E-state index contributed by atoms with van der Waals surface area (Å²) in [5.74, 6) is 0.617. The van der Waals surface area contributed by atoms with E-state index in [-0.39, 0.29) is 0 Å². The zero-order chi connectivity index (χ0) is 16.8. The number of likely N-dealkylation sites (tertiary alicyclic amines) is 1. The number of hydrogen-bond acceptors (Lipinski definition) is 5. The molecule has 1 aromatic rings. The van der Waals surface area contributed by atoms with Crippen LogP contribution in [0.3, 0.4) is 0 Å².